The van der Waals surface area contributed by atoms with Gasteiger partial charge in [-0.25, -0.2) is 0 Å². The van der Waals surface area contributed by atoms with Crippen molar-refractivity contribution in [3.63, 3.8) is 0 Å². The molecule has 2 aromatic carbocycles. The van der Waals surface area contributed by atoms with E-state index in [2.05, 4.69) is 5.32 Å². The molecule has 0 radical (unpaired) electrons. The molecular formula is C15H13ClF3N. The Morgan fingerprint density at radius 2 is 1.85 bits per heavy atom. The highest BCUT2D eigenvalue weighted by Gasteiger charge is 2.33. The van der Waals surface area contributed by atoms with Gasteiger partial charge in [0.1, 0.15) is 0 Å². The number of alkyl halides is 3. The molecular weight excluding hydrogens is 287 g/mol. The van der Waals surface area contributed by atoms with E-state index in [0.717, 1.165) is 17.2 Å². The van der Waals surface area contributed by atoms with Crippen LogP contribution in [0.5, 0.6) is 0 Å². The van der Waals surface area contributed by atoms with Crippen molar-refractivity contribution in [2.75, 3.05) is 5.32 Å². The first-order chi connectivity index (χ1) is 9.36. The molecule has 0 heterocycles. The van der Waals surface area contributed by atoms with E-state index < -0.39 is 11.7 Å². The van der Waals surface area contributed by atoms with E-state index in [1.54, 1.807) is 0 Å². The van der Waals surface area contributed by atoms with Crippen molar-refractivity contribution in [1.82, 2.24) is 0 Å². The summed E-state index contributed by atoms with van der Waals surface area (Å²) in [4.78, 5) is 0. The zero-order valence-corrected chi connectivity index (χ0v) is 11.5. The highest BCUT2D eigenvalue weighted by atomic mass is 35.5. The fourth-order valence-electron chi connectivity index (χ4n) is 1.92. The summed E-state index contributed by atoms with van der Waals surface area (Å²) in [5.41, 5.74) is 1.27. The largest absolute Gasteiger partial charge is 0.418 e. The maximum atomic E-state index is 12.9. The third-order valence-corrected chi connectivity index (χ3v) is 3.09. The number of nitrogens with one attached hydrogen (secondary N) is 1. The molecule has 0 aliphatic rings. The number of hydrogen-bond donors (Lipinski definition) is 1. The fourth-order valence-corrected chi connectivity index (χ4v) is 2.10. The minimum absolute atomic E-state index is 0.0309. The molecule has 0 amide bonds. The predicted octanol–water partition coefficient (Wildman–Crippen LogP) is 5.28. The van der Waals surface area contributed by atoms with E-state index in [1.165, 1.54) is 12.1 Å². The van der Waals surface area contributed by atoms with E-state index in [-0.39, 0.29) is 10.7 Å². The van der Waals surface area contributed by atoms with Crippen LogP contribution >= 0.6 is 11.6 Å². The molecule has 0 saturated carbocycles. The van der Waals surface area contributed by atoms with Crippen molar-refractivity contribution in [3.05, 3.63) is 64.2 Å². The summed E-state index contributed by atoms with van der Waals surface area (Å²) in [6.07, 6.45) is -4.43. The molecule has 1 nitrogen and oxygen atoms in total. The second kappa shape index (κ2) is 5.75. The normalized spacial score (nSPS) is 11.4. The first-order valence-electron chi connectivity index (χ1n) is 6.02. The number of rotatable bonds is 3. The van der Waals surface area contributed by atoms with Gasteiger partial charge >= 0.3 is 6.18 Å². The molecule has 0 aromatic heterocycles. The third-order valence-electron chi connectivity index (χ3n) is 2.85. The molecule has 0 unspecified atom stereocenters. The van der Waals surface area contributed by atoms with Gasteiger partial charge in [-0.05, 0) is 30.7 Å². The quantitative estimate of drug-likeness (QED) is 0.813. The molecule has 0 fully saturated rings. The lowest BCUT2D eigenvalue weighted by Crippen LogP contribution is -2.10. The summed E-state index contributed by atoms with van der Waals surface area (Å²) >= 11 is 5.63. The van der Waals surface area contributed by atoms with Crippen LogP contribution in [-0.2, 0) is 12.7 Å². The van der Waals surface area contributed by atoms with Crippen molar-refractivity contribution in [1.29, 1.82) is 0 Å². The maximum Gasteiger partial charge on any atom is 0.418 e. The van der Waals surface area contributed by atoms with E-state index in [9.17, 15) is 13.2 Å². The van der Waals surface area contributed by atoms with Crippen molar-refractivity contribution in [2.45, 2.75) is 19.6 Å². The zero-order valence-electron chi connectivity index (χ0n) is 10.8. The average Bonchev–Trinajstić information content (AvgIpc) is 2.36. The lowest BCUT2D eigenvalue weighted by Gasteiger charge is -2.15. The van der Waals surface area contributed by atoms with Crippen LogP contribution in [0.1, 0.15) is 16.7 Å². The monoisotopic (exact) mass is 299 g/mol. The molecule has 5 heteroatoms. The summed E-state index contributed by atoms with van der Waals surface area (Å²) in [6, 6.07) is 11.3. The van der Waals surface area contributed by atoms with E-state index >= 15 is 0 Å². The molecule has 0 spiro atoms. The van der Waals surface area contributed by atoms with Gasteiger partial charge in [0.25, 0.3) is 0 Å². The summed E-state index contributed by atoms with van der Waals surface area (Å²) in [5, 5.41) is 2.88. The van der Waals surface area contributed by atoms with Crippen LogP contribution in [0, 0.1) is 6.92 Å². The standard InChI is InChI=1S/C15H13ClF3N/c1-10-3-2-4-11(7-10)9-20-14-6-5-12(16)8-13(14)15(17,18)19/h2-8,20H,9H2,1H3. The Balaban J connectivity index is 2.21. The molecule has 106 valence electrons. The van der Waals surface area contributed by atoms with Crippen molar-refractivity contribution in [2.24, 2.45) is 0 Å². The van der Waals surface area contributed by atoms with Crippen LogP contribution in [0.3, 0.4) is 0 Å². The Hall–Kier alpha value is -1.68. The molecule has 2 aromatic rings. The van der Waals surface area contributed by atoms with E-state index in [1.807, 2.05) is 31.2 Å². The highest BCUT2D eigenvalue weighted by Crippen LogP contribution is 2.36. The summed E-state index contributed by atoms with van der Waals surface area (Å²) < 4.78 is 38.8. The van der Waals surface area contributed by atoms with Crippen LogP contribution in [0.15, 0.2) is 42.5 Å². The molecule has 0 saturated heterocycles. The molecule has 0 bridgehead atoms. The van der Waals surface area contributed by atoms with Gasteiger partial charge < -0.3 is 5.32 Å². The van der Waals surface area contributed by atoms with Crippen LogP contribution in [-0.4, -0.2) is 0 Å². The molecule has 0 atom stereocenters. The number of aryl methyl sites for hydroxylation is 1. The van der Waals surface area contributed by atoms with Crippen molar-refractivity contribution in [3.8, 4) is 0 Å². The van der Waals surface area contributed by atoms with Gasteiger partial charge in [-0.1, -0.05) is 41.4 Å². The van der Waals surface area contributed by atoms with Crippen molar-refractivity contribution >= 4 is 17.3 Å². The van der Waals surface area contributed by atoms with Crippen LogP contribution in [0.25, 0.3) is 0 Å². The maximum absolute atomic E-state index is 12.9. The van der Waals surface area contributed by atoms with E-state index in [0.29, 0.717) is 6.54 Å². The van der Waals surface area contributed by atoms with Crippen LogP contribution in [0.2, 0.25) is 5.02 Å². The summed E-state index contributed by atoms with van der Waals surface area (Å²) in [5.74, 6) is 0. The molecule has 0 aliphatic heterocycles. The minimum Gasteiger partial charge on any atom is -0.380 e. The molecule has 0 aliphatic carbocycles. The summed E-state index contributed by atoms with van der Waals surface area (Å²) in [7, 11) is 0. The lowest BCUT2D eigenvalue weighted by molar-refractivity contribution is -0.136. The number of hydrogen-bond acceptors (Lipinski definition) is 1. The van der Waals surface area contributed by atoms with Gasteiger partial charge in [0.15, 0.2) is 0 Å². The van der Waals surface area contributed by atoms with Gasteiger partial charge in [0.2, 0.25) is 0 Å². The number of benzene rings is 2. The second-order valence-electron chi connectivity index (χ2n) is 4.53. The molecule has 2 rings (SSSR count). The predicted molar refractivity (Wildman–Crippen MR) is 75.0 cm³/mol. The average molecular weight is 300 g/mol. The van der Waals surface area contributed by atoms with Gasteiger partial charge in [-0.15, -0.1) is 0 Å². The number of halogens is 4. The van der Waals surface area contributed by atoms with Gasteiger partial charge in [-0.2, -0.15) is 13.2 Å². The van der Waals surface area contributed by atoms with E-state index in [4.69, 9.17) is 11.6 Å². The Labute approximate surface area is 120 Å². The second-order valence-corrected chi connectivity index (χ2v) is 4.97. The lowest BCUT2D eigenvalue weighted by atomic mass is 10.1. The minimum atomic E-state index is -4.43. The Kier molecular flexibility index (Phi) is 4.23. The van der Waals surface area contributed by atoms with Crippen LogP contribution < -0.4 is 5.32 Å². The SMILES string of the molecule is Cc1cccc(CNc2ccc(Cl)cc2C(F)(F)F)c1. The van der Waals surface area contributed by atoms with Gasteiger partial charge in [-0.3, -0.25) is 0 Å². The summed E-state index contributed by atoms with van der Waals surface area (Å²) in [6.45, 7) is 2.26. The highest BCUT2D eigenvalue weighted by molar-refractivity contribution is 6.30. The van der Waals surface area contributed by atoms with Gasteiger partial charge in [0.05, 0.1) is 5.56 Å². The topological polar surface area (TPSA) is 12.0 Å². The first kappa shape index (κ1) is 14.7. The Morgan fingerprint density at radius 3 is 2.50 bits per heavy atom. The molecule has 1 N–H and O–H groups in total. The Morgan fingerprint density at radius 1 is 1.10 bits per heavy atom. The Bertz CT molecular complexity index is 608. The first-order valence-corrected chi connectivity index (χ1v) is 6.40. The fraction of sp³-hybridized carbons (Fsp3) is 0.200. The number of anilines is 1. The van der Waals surface area contributed by atoms with Crippen LogP contribution in [0.4, 0.5) is 18.9 Å². The molecule has 20 heavy (non-hydrogen) atoms. The van der Waals surface area contributed by atoms with Crippen molar-refractivity contribution < 1.29 is 13.2 Å². The van der Waals surface area contributed by atoms with Gasteiger partial charge in [0, 0.05) is 17.3 Å². The smallest absolute Gasteiger partial charge is 0.380 e. The zero-order chi connectivity index (χ0) is 14.8. The third kappa shape index (κ3) is 3.67.